The van der Waals surface area contributed by atoms with E-state index in [4.69, 9.17) is 5.73 Å². The molecule has 0 heterocycles. The van der Waals surface area contributed by atoms with Gasteiger partial charge in [0.25, 0.3) is 0 Å². The summed E-state index contributed by atoms with van der Waals surface area (Å²) in [5, 5.41) is 0. The fourth-order valence-electron chi connectivity index (χ4n) is 0.401. The summed E-state index contributed by atoms with van der Waals surface area (Å²) in [6.07, 6.45) is 1.16. The monoisotopic (exact) mass is 147 g/mol. The minimum atomic E-state index is -0.337. The van der Waals surface area contributed by atoms with Crippen LogP contribution in [0.2, 0.25) is 0 Å². The summed E-state index contributed by atoms with van der Waals surface area (Å²) in [7, 11) is 0. The highest BCUT2D eigenvalue weighted by Gasteiger charge is 1.99. The molecule has 4 heteroatoms. The predicted molar refractivity (Wildman–Crippen MR) is 36.0 cm³/mol. The molecule has 0 radical (unpaired) electrons. The topological polar surface area (TPSA) is 61.5 Å². The first-order valence-corrected chi connectivity index (χ1v) is 3.33. The quantitative estimate of drug-likeness (QED) is 0.343. The molecule has 0 aromatic rings. The Balaban J connectivity index is 3.05. The second kappa shape index (κ2) is 6.51. The van der Waals surface area contributed by atoms with Gasteiger partial charge in [0.15, 0.2) is 0 Å². The van der Waals surface area contributed by atoms with Gasteiger partial charge in [0, 0.05) is 13.0 Å². The maximum Gasteiger partial charge on any atom is 0.342 e. The third kappa shape index (κ3) is 5.53. The number of hydrogen-bond acceptors (Lipinski definition) is 4. The van der Waals surface area contributed by atoms with Crippen LogP contribution in [0.3, 0.4) is 0 Å². The molecule has 0 rings (SSSR count). The molecule has 2 N–H and O–H groups in total. The first-order valence-electron chi connectivity index (χ1n) is 3.33. The lowest BCUT2D eigenvalue weighted by molar-refractivity contribution is -0.270. The highest BCUT2D eigenvalue weighted by Crippen LogP contribution is 1.90. The van der Waals surface area contributed by atoms with Crippen LogP contribution in [0, 0.1) is 0 Å². The molecule has 4 nitrogen and oxygen atoms in total. The van der Waals surface area contributed by atoms with Crippen molar-refractivity contribution in [3.8, 4) is 0 Å². The second-order valence-corrected chi connectivity index (χ2v) is 1.82. The summed E-state index contributed by atoms with van der Waals surface area (Å²) >= 11 is 0. The Morgan fingerprint density at radius 1 is 1.60 bits per heavy atom. The van der Waals surface area contributed by atoms with Crippen molar-refractivity contribution in [3.63, 3.8) is 0 Å². The number of nitrogens with two attached hydrogens (primary N) is 1. The zero-order valence-corrected chi connectivity index (χ0v) is 6.13. The third-order valence-electron chi connectivity index (χ3n) is 0.807. The highest BCUT2D eigenvalue weighted by molar-refractivity contribution is 5.68. The molecule has 10 heavy (non-hydrogen) atoms. The molecule has 0 atom stereocenters. The van der Waals surface area contributed by atoms with Crippen molar-refractivity contribution < 1.29 is 14.6 Å². The molecule has 0 aromatic heterocycles. The van der Waals surface area contributed by atoms with Crippen LogP contribution < -0.4 is 5.73 Å². The largest absolute Gasteiger partial charge is 0.342 e. The van der Waals surface area contributed by atoms with Gasteiger partial charge in [0.05, 0.1) is 0 Å². The van der Waals surface area contributed by atoms with E-state index >= 15 is 0 Å². The average Bonchev–Trinajstić information content (AvgIpc) is 1.89. The van der Waals surface area contributed by atoms with Crippen molar-refractivity contribution in [1.29, 1.82) is 0 Å². The second-order valence-electron chi connectivity index (χ2n) is 1.82. The fourth-order valence-corrected chi connectivity index (χ4v) is 0.401. The molecule has 0 bridgehead atoms. The van der Waals surface area contributed by atoms with Gasteiger partial charge in [-0.2, -0.15) is 4.89 Å². The molecule has 0 fully saturated rings. The summed E-state index contributed by atoms with van der Waals surface area (Å²) in [6.45, 7) is 2.51. The van der Waals surface area contributed by atoms with Crippen LogP contribution in [0.4, 0.5) is 0 Å². The van der Waals surface area contributed by atoms with Crippen molar-refractivity contribution in [3.05, 3.63) is 0 Å². The molecule has 60 valence electrons. The average molecular weight is 147 g/mol. The van der Waals surface area contributed by atoms with E-state index in [0.717, 1.165) is 6.42 Å². The molecule has 0 unspecified atom stereocenters. The molecule has 0 saturated carbocycles. The van der Waals surface area contributed by atoms with E-state index in [1.165, 1.54) is 0 Å². The van der Waals surface area contributed by atoms with Gasteiger partial charge < -0.3 is 5.73 Å². The maximum atomic E-state index is 10.5. The molecule has 0 amide bonds. The molecule has 0 aliphatic rings. The molecule has 0 aliphatic heterocycles. The Morgan fingerprint density at radius 3 is 2.80 bits per heavy atom. The van der Waals surface area contributed by atoms with E-state index in [2.05, 4.69) is 9.78 Å². The van der Waals surface area contributed by atoms with Crippen molar-refractivity contribution in [2.45, 2.75) is 19.8 Å². The number of carbonyl (C=O) groups excluding carboxylic acids is 1. The number of carbonyl (C=O) groups is 1. The van der Waals surface area contributed by atoms with Gasteiger partial charge in [-0.1, -0.05) is 6.92 Å². The van der Waals surface area contributed by atoms with Crippen molar-refractivity contribution >= 4 is 5.97 Å². The van der Waals surface area contributed by atoms with E-state index in [-0.39, 0.29) is 12.6 Å². The zero-order valence-electron chi connectivity index (χ0n) is 6.13. The van der Waals surface area contributed by atoms with Crippen molar-refractivity contribution in [2.24, 2.45) is 5.73 Å². The molecule has 0 aromatic carbocycles. The summed E-state index contributed by atoms with van der Waals surface area (Å²) in [6, 6.07) is 0. The molecule has 0 aliphatic carbocycles. The highest BCUT2D eigenvalue weighted by atomic mass is 17.2. The minimum absolute atomic E-state index is 0.259. The third-order valence-corrected chi connectivity index (χ3v) is 0.807. The van der Waals surface area contributed by atoms with Crippen molar-refractivity contribution in [2.75, 3.05) is 13.2 Å². The lowest BCUT2D eigenvalue weighted by Crippen LogP contribution is -2.12. The first kappa shape index (κ1) is 9.39. The van der Waals surface area contributed by atoms with Crippen molar-refractivity contribution in [1.82, 2.24) is 0 Å². The van der Waals surface area contributed by atoms with Crippen LogP contribution in [0.15, 0.2) is 0 Å². The lowest BCUT2D eigenvalue weighted by Gasteiger charge is -1.99. The standard InChI is InChI=1S/C6H13NO3/c1-2-3-6(8)10-9-5-4-7/h2-5,7H2,1H3. The van der Waals surface area contributed by atoms with Crippen LogP contribution in [0.5, 0.6) is 0 Å². The van der Waals surface area contributed by atoms with Gasteiger partial charge in [0.2, 0.25) is 0 Å². The molecule has 0 spiro atoms. The maximum absolute atomic E-state index is 10.5. The number of rotatable bonds is 5. The van der Waals surface area contributed by atoms with E-state index in [9.17, 15) is 4.79 Å². The molecular weight excluding hydrogens is 134 g/mol. The Bertz CT molecular complexity index is 95.0. The normalized spacial score (nSPS) is 9.40. The van der Waals surface area contributed by atoms with E-state index in [1.807, 2.05) is 6.92 Å². The van der Waals surface area contributed by atoms with Gasteiger partial charge in [-0.15, -0.1) is 0 Å². The Labute approximate surface area is 60.2 Å². The van der Waals surface area contributed by atoms with E-state index in [0.29, 0.717) is 13.0 Å². The summed E-state index contributed by atoms with van der Waals surface area (Å²) in [5.74, 6) is -0.337. The van der Waals surface area contributed by atoms with E-state index in [1.54, 1.807) is 0 Å². The van der Waals surface area contributed by atoms with Crippen LogP contribution in [-0.2, 0) is 14.6 Å². The predicted octanol–water partition coefficient (Wildman–Crippen LogP) is 0.220. The van der Waals surface area contributed by atoms with Crippen LogP contribution in [0.1, 0.15) is 19.8 Å². The Hall–Kier alpha value is -0.610. The van der Waals surface area contributed by atoms with Gasteiger partial charge in [-0.05, 0) is 6.42 Å². The smallest absolute Gasteiger partial charge is 0.328 e. The van der Waals surface area contributed by atoms with Gasteiger partial charge in [0.1, 0.15) is 6.61 Å². The number of hydrogen-bond donors (Lipinski definition) is 1. The van der Waals surface area contributed by atoms with Gasteiger partial charge in [-0.3, -0.25) is 4.89 Å². The minimum Gasteiger partial charge on any atom is -0.328 e. The molecular formula is C6H13NO3. The Morgan fingerprint density at radius 2 is 2.30 bits per heavy atom. The SMILES string of the molecule is CCCC(=O)OOCCN. The van der Waals surface area contributed by atoms with Gasteiger partial charge >= 0.3 is 5.97 Å². The fraction of sp³-hybridized carbons (Fsp3) is 0.833. The van der Waals surface area contributed by atoms with E-state index < -0.39 is 0 Å². The van der Waals surface area contributed by atoms with Crippen LogP contribution in [0.25, 0.3) is 0 Å². The molecule has 0 saturated heterocycles. The summed E-state index contributed by atoms with van der Waals surface area (Å²) in [5.41, 5.74) is 5.07. The first-order chi connectivity index (χ1) is 4.81. The van der Waals surface area contributed by atoms with Crippen LogP contribution >= 0.6 is 0 Å². The summed E-state index contributed by atoms with van der Waals surface area (Å²) in [4.78, 5) is 19.3. The summed E-state index contributed by atoms with van der Waals surface area (Å²) < 4.78 is 0. The zero-order chi connectivity index (χ0) is 7.82. The van der Waals surface area contributed by atoms with Crippen LogP contribution in [-0.4, -0.2) is 19.1 Å². The van der Waals surface area contributed by atoms with Gasteiger partial charge in [-0.25, -0.2) is 4.79 Å². The lowest BCUT2D eigenvalue weighted by atomic mass is 10.3. The Kier molecular flexibility index (Phi) is 6.11.